The lowest BCUT2D eigenvalue weighted by atomic mass is 11.3. The molecule has 0 saturated carbocycles. The van der Waals surface area contributed by atoms with Gasteiger partial charge in [-0.2, -0.15) is 0 Å². The topological polar surface area (TPSA) is 63.3 Å². The molecule has 40 valence electrons. The second kappa shape index (κ2) is 8.83. The minimum Gasteiger partial charge on any atom is -0.465 e. The summed E-state index contributed by atoms with van der Waals surface area (Å²) in [4.78, 5) is 8.78. The van der Waals surface area contributed by atoms with Crippen molar-refractivity contribution < 1.29 is 14.6 Å². The van der Waals surface area contributed by atoms with E-state index >= 15 is 0 Å². The average molecular weight is 113 g/mol. The first-order valence-electron chi connectivity index (χ1n) is 0.716. The minimum absolute atomic E-state index is 0. The summed E-state index contributed by atoms with van der Waals surface area (Å²) in [6.07, 6.45) is -1.33. The van der Waals surface area contributed by atoms with Crippen molar-refractivity contribution in [2.75, 3.05) is 0 Å². The molecule has 0 rings (SSSR count). The van der Waals surface area contributed by atoms with E-state index in [2.05, 4.69) is 5.73 Å². The average Bonchev–Trinajstić information content (AvgIpc) is 0.811. The largest absolute Gasteiger partial charge is 0.465 e. The van der Waals surface area contributed by atoms with Crippen LogP contribution in [0.5, 0.6) is 0 Å². The van der Waals surface area contributed by atoms with E-state index in [1.165, 1.54) is 0 Å². The van der Waals surface area contributed by atoms with Crippen molar-refractivity contribution >= 4 is 17.1 Å². The second-order valence-electron chi connectivity index (χ2n) is 0.338. The number of carbonyl (C=O) groups is 1. The number of carboxylic acid groups (broad SMARTS) is 1. The van der Waals surface area contributed by atoms with Gasteiger partial charge in [-0.05, 0) is 11.0 Å². The Morgan fingerprint density at radius 2 is 1.67 bits per heavy atom. The van der Waals surface area contributed by atoms with Gasteiger partial charge in [0.25, 0.3) is 0 Å². The number of amides is 1. The highest BCUT2D eigenvalue weighted by atomic mass is 28.1. The molecule has 0 radical (unpaired) electrons. The van der Waals surface area contributed by atoms with Gasteiger partial charge in [0.15, 0.2) is 0 Å². The summed E-state index contributed by atoms with van der Waals surface area (Å²) in [6, 6.07) is 0. The van der Waals surface area contributed by atoms with Gasteiger partial charge in [0.1, 0.15) is 0 Å². The molecule has 0 heterocycles. The SMILES string of the molecule is F.NC(=O)O.[SiH4]. The summed E-state index contributed by atoms with van der Waals surface area (Å²) in [5.74, 6) is 0. The van der Waals surface area contributed by atoms with Crippen LogP contribution in [-0.4, -0.2) is 22.2 Å². The molecule has 0 aromatic carbocycles. The van der Waals surface area contributed by atoms with Crippen molar-refractivity contribution in [3.8, 4) is 0 Å². The Morgan fingerprint density at radius 3 is 1.67 bits per heavy atom. The van der Waals surface area contributed by atoms with Crippen molar-refractivity contribution in [2.24, 2.45) is 5.73 Å². The molecule has 3 nitrogen and oxygen atoms in total. The maximum atomic E-state index is 8.78. The van der Waals surface area contributed by atoms with Crippen LogP contribution in [0.25, 0.3) is 0 Å². The Morgan fingerprint density at radius 1 is 1.67 bits per heavy atom. The van der Waals surface area contributed by atoms with Crippen molar-refractivity contribution in [3.05, 3.63) is 0 Å². The normalized spacial score (nSPS) is 4.00. The zero-order valence-electron chi connectivity index (χ0n) is 2.34. The quantitative estimate of drug-likeness (QED) is 0.369. The van der Waals surface area contributed by atoms with E-state index < -0.39 is 6.09 Å². The second-order valence-corrected chi connectivity index (χ2v) is 0.338. The molecule has 0 aromatic heterocycles. The van der Waals surface area contributed by atoms with Crippen LogP contribution in [0.4, 0.5) is 9.50 Å². The number of hydrogen-bond donors (Lipinski definition) is 2. The maximum Gasteiger partial charge on any atom is 0.402 e. The van der Waals surface area contributed by atoms with Gasteiger partial charge < -0.3 is 10.8 Å². The molecule has 0 aliphatic carbocycles. The van der Waals surface area contributed by atoms with Gasteiger partial charge in [0, 0.05) is 0 Å². The van der Waals surface area contributed by atoms with E-state index in [-0.39, 0.29) is 15.7 Å². The first kappa shape index (κ1) is 18.1. The number of nitrogens with two attached hydrogens (primary N) is 1. The van der Waals surface area contributed by atoms with Crippen molar-refractivity contribution in [1.29, 1.82) is 0 Å². The molecule has 6 heavy (non-hydrogen) atoms. The highest BCUT2D eigenvalue weighted by Crippen LogP contribution is 1.34. The van der Waals surface area contributed by atoms with Crippen molar-refractivity contribution in [1.82, 2.24) is 0 Å². The molecule has 0 unspecified atom stereocenters. The lowest BCUT2D eigenvalue weighted by Gasteiger charge is -1.61. The van der Waals surface area contributed by atoms with Gasteiger partial charge in [-0.25, -0.2) is 4.79 Å². The molecule has 1 amide bonds. The summed E-state index contributed by atoms with van der Waals surface area (Å²) >= 11 is 0. The molecule has 0 atom stereocenters. The van der Waals surface area contributed by atoms with E-state index in [9.17, 15) is 0 Å². The highest BCUT2D eigenvalue weighted by molar-refractivity contribution is 5.75. The Labute approximate surface area is 38.5 Å². The maximum absolute atomic E-state index is 8.78. The molecular weight excluding hydrogens is 105 g/mol. The van der Waals surface area contributed by atoms with E-state index in [4.69, 9.17) is 9.90 Å². The van der Waals surface area contributed by atoms with Gasteiger partial charge in [-0.1, -0.05) is 0 Å². The van der Waals surface area contributed by atoms with E-state index in [0.717, 1.165) is 0 Å². The van der Waals surface area contributed by atoms with Crippen LogP contribution >= 0.6 is 0 Å². The van der Waals surface area contributed by atoms with Crippen LogP contribution in [0.2, 0.25) is 0 Å². The summed E-state index contributed by atoms with van der Waals surface area (Å²) < 4.78 is 0. The number of primary amides is 1. The van der Waals surface area contributed by atoms with Crippen LogP contribution < -0.4 is 5.73 Å². The van der Waals surface area contributed by atoms with Crippen molar-refractivity contribution in [3.63, 3.8) is 0 Å². The van der Waals surface area contributed by atoms with Crippen LogP contribution in [0, 0.1) is 0 Å². The summed E-state index contributed by atoms with van der Waals surface area (Å²) in [5, 5.41) is 7.19. The molecule has 3 N–H and O–H groups in total. The fourth-order valence-electron chi connectivity index (χ4n) is 0. The highest BCUT2D eigenvalue weighted by Gasteiger charge is 1.65. The molecule has 0 aromatic rings. The lowest BCUT2D eigenvalue weighted by Crippen LogP contribution is -2.03. The van der Waals surface area contributed by atoms with Gasteiger partial charge >= 0.3 is 6.09 Å². The Balaban J connectivity index is -0.0000000450. The Bertz CT molecular complexity index is 36.5. The van der Waals surface area contributed by atoms with Crippen LogP contribution in [0.1, 0.15) is 0 Å². The molecule has 0 aliphatic heterocycles. The van der Waals surface area contributed by atoms with Crippen molar-refractivity contribution in [2.45, 2.75) is 0 Å². The molecular formula is CH8FNO2Si. The summed E-state index contributed by atoms with van der Waals surface area (Å²) in [6.45, 7) is 0. The van der Waals surface area contributed by atoms with Gasteiger partial charge in [-0.15, -0.1) is 0 Å². The lowest BCUT2D eigenvalue weighted by molar-refractivity contribution is 0.205. The molecule has 0 fully saturated rings. The number of rotatable bonds is 0. The monoisotopic (exact) mass is 113 g/mol. The van der Waals surface area contributed by atoms with E-state index in [1.54, 1.807) is 0 Å². The van der Waals surface area contributed by atoms with E-state index in [0.29, 0.717) is 0 Å². The molecule has 0 saturated heterocycles. The van der Waals surface area contributed by atoms with Crippen LogP contribution in [-0.2, 0) is 0 Å². The standard InChI is InChI=1S/CH3NO2.FH.H4Si/c2-1(3)4;;/h2H2,(H,3,4);1H;1H4. The number of hydrogen-bond acceptors (Lipinski definition) is 1. The first-order valence-corrected chi connectivity index (χ1v) is 0.716. The van der Waals surface area contributed by atoms with Crippen LogP contribution in [0.15, 0.2) is 0 Å². The zero-order valence-corrected chi connectivity index (χ0v) is 2.34. The fourth-order valence-corrected chi connectivity index (χ4v) is 0. The molecule has 5 heteroatoms. The van der Waals surface area contributed by atoms with Gasteiger partial charge in [0.2, 0.25) is 0 Å². The summed E-state index contributed by atoms with van der Waals surface area (Å²) in [5.41, 5.74) is 4.03. The van der Waals surface area contributed by atoms with Gasteiger partial charge in [0.05, 0.1) is 0 Å². The third-order valence-corrected chi connectivity index (χ3v) is 0. The smallest absolute Gasteiger partial charge is 0.402 e. The molecule has 0 bridgehead atoms. The third-order valence-electron chi connectivity index (χ3n) is 0. The fraction of sp³-hybridized carbons (Fsp3) is 0. The summed E-state index contributed by atoms with van der Waals surface area (Å²) in [7, 11) is 0. The predicted octanol–water partition coefficient (Wildman–Crippen LogP) is -1.68. The molecule has 0 aliphatic rings. The minimum atomic E-state index is -1.33. The molecule has 0 spiro atoms. The Hall–Kier alpha value is -0.583. The van der Waals surface area contributed by atoms with Gasteiger partial charge in [-0.3, -0.25) is 4.70 Å². The Kier molecular flexibility index (Phi) is 26.6. The zero-order chi connectivity index (χ0) is 3.58. The predicted molar refractivity (Wildman–Crippen MR) is 26.0 cm³/mol. The third kappa shape index (κ3) is 58.7. The van der Waals surface area contributed by atoms with Crippen LogP contribution in [0.3, 0.4) is 0 Å². The van der Waals surface area contributed by atoms with E-state index in [1.807, 2.05) is 0 Å². The first-order chi connectivity index (χ1) is 1.73. The number of halogens is 1.